The van der Waals surface area contributed by atoms with Gasteiger partial charge in [-0.05, 0) is 12.5 Å². The first-order valence-electron chi connectivity index (χ1n) is 5.56. The van der Waals surface area contributed by atoms with E-state index in [2.05, 4.69) is 4.98 Å². The summed E-state index contributed by atoms with van der Waals surface area (Å²) in [5.41, 5.74) is 3.63. The van der Waals surface area contributed by atoms with Gasteiger partial charge in [0.1, 0.15) is 18.1 Å². The Morgan fingerprint density at radius 1 is 1.83 bits per heavy atom. The minimum Gasteiger partial charge on any atom is -0.392 e. The lowest BCUT2D eigenvalue weighted by Crippen LogP contribution is -2.33. The lowest BCUT2D eigenvalue weighted by molar-refractivity contribution is -0.0719. The number of anilines is 1. The van der Waals surface area contributed by atoms with Crippen molar-refractivity contribution in [1.29, 1.82) is 5.26 Å². The van der Waals surface area contributed by atoms with Crippen LogP contribution in [0.2, 0.25) is 0 Å². The molecule has 0 bridgehead atoms. The van der Waals surface area contributed by atoms with Crippen molar-refractivity contribution in [3.8, 4) is 6.07 Å². The van der Waals surface area contributed by atoms with E-state index >= 15 is 0 Å². The maximum atomic E-state index is 11.7. The fourth-order valence-electron chi connectivity index (χ4n) is 2.18. The minimum absolute atomic E-state index is 0.0834. The van der Waals surface area contributed by atoms with E-state index in [0.717, 1.165) is 0 Å². The number of nitrogen functional groups attached to an aromatic ring is 1. The predicted molar refractivity (Wildman–Crippen MR) is 62.2 cm³/mol. The molecule has 2 heterocycles. The van der Waals surface area contributed by atoms with Gasteiger partial charge < -0.3 is 15.6 Å². The Labute approximate surface area is 103 Å². The number of aromatic nitrogens is 2. The van der Waals surface area contributed by atoms with Crippen LogP contribution in [-0.2, 0) is 4.74 Å². The summed E-state index contributed by atoms with van der Waals surface area (Å²) in [6.07, 6.45) is 1.23. The van der Waals surface area contributed by atoms with Crippen LogP contribution in [-0.4, -0.2) is 26.9 Å². The Balaban J connectivity index is 2.36. The van der Waals surface area contributed by atoms with Crippen LogP contribution >= 0.6 is 0 Å². The Morgan fingerprint density at radius 2 is 2.56 bits per heavy atom. The second-order valence-corrected chi connectivity index (χ2v) is 4.50. The summed E-state index contributed by atoms with van der Waals surface area (Å²) in [6, 6.07) is 3.44. The molecule has 1 unspecified atom stereocenters. The molecule has 1 aliphatic heterocycles. The molecule has 1 aromatic rings. The fourth-order valence-corrected chi connectivity index (χ4v) is 2.18. The van der Waals surface area contributed by atoms with Gasteiger partial charge in [0.25, 0.3) is 0 Å². The number of nitriles is 1. The van der Waals surface area contributed by atoms with Gasteiger partial charge in [0.05, 0.1) is 6.61 Å². The van der Waals surface area contributed by atoms with Crippen LogP contribution in [0, 0.1) is 17.2 Å². The summed E-state index contributed by atoms with van der Waals surface area (Å²) in [5.74, 6) is 0.0514. The van der Waals surface area contributed by atoms with E-state index in [-0.39, 0.29) is 11.7 Å². The molecule has 0 amide bonds. The van der Waals surface area contributed by atoms with E-state index in [0.29, 0.717) is 6.42 Å². The molecular formula is C11H14N4O3. The molecule has 1 aromatic heterocycles. The van der Waals surface area contributed by atoms with E-state index in [4.69, 9.17) is 15.7 Å². The zero-order valence-electron chi connectivity index (χ0n) is 9.91. The van der Waals surface area contributed by atoms with Crippen LogP contribution < -0.4 is 11.4 Å². The van der Waals surface area contributed by atoms with Gasteiger partial charge in [0.15, 0.2) is 5.60 Å². The molecule has 96 valence electrons. The fraction of sp³-hybridized carbons (Fsp3) is 0.545. The number of nitrogens with zero attached hydrogens (tertiary/aromatic N) is 3. The van der Waals surface area contributed by atoms with Gasteiger partial charge in [0, 0.05) is 12.1 Å². The molecule has 0 spiro atoms. The number of ether oxygens (including phenoxy) is 1. The Kier molecular flexibility index (Phi) is 3.07. The monoisotopic (exact) mass is 250 g/mol. The molecule has 0 aromatic carbocycles. The third-order valence-electron chi connectivity index (χ3n) is 3.07. The quantitative estimate of drug-likeness (QED) is 0.740. The van der Waals surface area contributed by atoms with Crippen LogP contribution in [0.1, 0.15) is 19.6 Å². The number of hydrogen-bond donors (Lipinski definition) is 2. The number of rotatable bonds is 2. The molecule has 0 saturated carbocycles. The van der Waals surface area contributed by atoms with Crippen LogP contribution in [0.4, 0.5) is 5.82 Å². The average molecular weight is 250 g/mol. The summed E-state index contributed by atoms with van der Waals surface area (Å²) in [5, 5.41) is 18.3. The second-order valence-electron chi connectivity index (χ2n) is 4.50. The summed E-state index contributed by atoms with van der Waals surface area (Å²) < 4.78 is 6.82. The molecule has 0 radical (unpaired) electrons. The van der Waals surface area contributed by atoms with Crippen molar-refractivity contribution in [1.82, 2.24) is 9.55 Å². The normalized spacial score (nSPS) is 31.2. The highest BCUT2D eigenvalue weighted by Gasteiger charge is 2.45. The topological polar surface area (TPSA) is 114 Å². The molecule has 7 nitrogen and oxygen atoms in total. The Hall–Kier alpha value is -1.91. The number of nitrogens with two attached hydrogens (primary N) is 1. The third-order valence-corrected chi connectivity index (χ3v) is 3.07. The molecule has 1 aliphatic rings. The average Bonchev–Trinajstić information content (AvgIpc) is 2.67. The first-order chi connectivity index (χ1) is 8.51. The summed E-state index contributed by atoms with van der Waals surface area (Å²) >= 11 is 0. The van der Waals surface area contributed by atoms with E-state index in [9.17, 15) is 9.90 Å². The van der Waals surface area contributed by atoms with Crippen molar-refractivity contribution >= 4 is 5.82 Å². The maximum Gasteiger partial charge on any atom is 0.351 e. The SMILES string of the molecule is C[C@H]1CC(C#N)(CO)O[C@H]1n1ccc(N)nc1=O. The molecule has 1 saturated heterocycles. The highest BCUT2D eigenvalue weighted by molar-refractivity contribution is 5.23. The van der Waals surface area contributed by atoms with Crippen LogP contribution in [0.25, 0.3) is 0 Å². The molecule has 1 fully saturated rings. The van der Waals surface area contributed by atoms with Crippen molar-refractivity contribution in [2.24, 2.45) is 5.92 Å². The zero-order valence-corrected chi connectivity index (χ0v) is 9.91. The van der Waals surface area contributed by atoms with Crippen LogP contribution in [0.5, 0.6) is 0 Å². The molecule has 7 heteroatoms. The van der Waals surface area contributed by atoms with E-state index in [1.165, 1.54) is 16.8 Å². The minimum atomic E-state index is -1.25. The number of hydrogen-bond acceptors (Lipinski definition) is 6. The summed E-state index contributed by atoms with van der Waals surface area (Å²) in [6.45, 7) is 1.45. The van der Waals surface area contributed by atoms with Gasteiger partial charge >= 0.3 is 5.69 Å². The maximum absolute atomic E-state index is 11.7. The lowest BCUT2D eigenvalue weighted by Gasteiger charge is -2.20. The van der Waals surface area contributed by atoms with Gasteiger partial charge in [-0.15, -0.1) is 0 Å². The lowest BCUT2D eigenvalue weighted by atomic mass is 9.96. The first kappa shape index (κ1) is 12.5. The van der Waals surface area contributed by atoms with Crippen LogP contribution in [0.15, 0.2) is 17.1 Å². The predicted octanol–water partition coefficient (Wildman–Crippen LogP) is -0.365. The van der Waals surface area contributed by atoms with Crippen molar-refractivity contribution in [3.05, 3.63) is 22.7 Å². The molecular weight excluding hydrogens is 236 g/mol. The van der Waals surface area contributed by atoms with Gasteiger partial charge in [-0.2, -0.15) is 10.2 Å². The van der Waals surface area contributed by atoms with Crippen molar-refractivity contribution in [3.63, 3.8) is 0 Å². The summed E-state index contributed by atoms with van der Waals surface area (Å²) in [7, 11) is 0. The second kappa shape index (κ2) is 4.40. The van der Waals surface area contributed by atoms with E-state index in [1.54, 1.807) is 0 Å². The molecule has 3 atom stereocenters. The molecule has 0 aliphatic carbocycles. The van der Waals surface area contributed by atoms with Crippen molar-refractivity contribution < 1.29 is 9.84 Å². The van der Waals surface area contributed by atoms with Gasteiger partial charge in [-0.25, -0.2) is 4.79 Å². The number of aliphatic hydroxyl groups excluding tert-OH is 1. The van der Waals surface area contributed by atoms with Gasteiger partial charge in [-0.3, -0.25) is 4.57 Å². The molecule has 18 heavy (non-hydrogen) atoms. The van der Waals surface area contributed by atoms with Crippen molar-refractivity contribution in [2.75, 3.05) is 12.3 Å². The third kappa shape index (κ3) is 1.96. The summed E-state index contributed by atoms with van der Waals surface area (Å²) in [4.78, 5) is 15.3. The highest BCUT2D eigenvalue weighted by atomic mass is 16.5. The van der Waals surface area contributed by atoms with E-state index < -0.39 is 24.1 Å². The van der Waals surface area contributed by atoms with Gasteiger partial charge in [-0.1, -0.05) is 6.92 Å². The van der Waals surface area contributed by atoms with Gasteiger partial charge in [0.2, 0.25) is 0 Å². The van der Waals surface area contributed by atoms with Crippen molar-refractivity contribution in [2.45, 2.75) is 25.2 Å². The first-order valence-corrected chi connectivity index (χ1v) is 5.56. The van der Waals surface area contributed by atoms with E-state index in [1.807, 2.05) is 13.0 Å². The molecule has 3 N–H and O–H groups in total. The largest absolute Gasteiger partial charge is 0.392 e. The smallest absolute Gasteiger partial charge is 0.351 e. The standard InChI is InChI=1S/C11H14N4O3/c1-7-4-11(5-12,6-16)18-9(7)15-3-2-8(13)14-10(15)17/h2-3,7,9,16H,4,6H2,1H3,(H2,13,14,17)/t7-,9+,11?/m0/s1. The Bertz CT molecular complexity index is 550. The van der Waals surface area contributed by atoms with Crippen LogP contribution in [0.3, 0.4) is 0 Å². The zero-order chi connectivity index (χ0) is 13.3. The number of aliphatic hydroxyl groups is 1. The highest BCUT2D eigenvalue weighted by Crippen LogP contribution is 2.39. The molecule has 2 rings (SSSR count). The Morgan fingerprint density at radius 3 is 3.06 bits per heavy atom.